The zero-order valence-corrected chi connectivity index (χ0v) is 16.0. The average Bonchev–Trinajstić information content (AvgIpc) is 3.26. The van der Waals surface area contributed by atoms with Gasteiger partial charge in [-0.3, -0.25) is 19.6 Å². The fourth-order valence-corrected chi connectivity index (χ4v) is 3.68. The third-order valence-electron chi connectivity index (χ3n) is 4.39. The molecule has 0 spiro atoms. The molecule has 1 N–H and O–H groups in total. The zero-order valence-electron chi connectivity index (χ0n) is 15.2. The summed E-state index contributed by atoms with van der Waals surface area (Å²) in [6.45, 7) is 2.58. The van der Waals surface area contributed by atoms with Gasteiger partial charge in [0.25, 0.3) is 11.8 Å². The van der Waals surface area contributed by atoms with Gasteiger partial charge in [0.1, 0.15) is 12.4 Å². The van der Waals surface area contributed by atoms with Crippen LogP contribution in [0.15, 0.2) is 53.7 Å². The monoisotopic (exact) mass is 394 g/mol. The van der Waals surface area contributed by atoms with E-state index in [1.807, 2.05) is 31.2 Å². The first-order valence-electron chi connectivity index (χ1n) is 8.81. The van der Waals surface area contributed by atoms with Crippen molar-refractivity contribution in [3.63, 3.8) is 0 Å². The number of rotatable bonds is 7. The van der Waals surface area contributed by atoms with E-state index in [2.05, 4.69) is 15.2 Å². The molecule has 1 aromatic heterocycles. The highest BCUT2D eigenvalue weighted by Crippen LogP contribution is 2.23. The number of aromatic nitrogens is 3. The molecule has 0 radical (unpaired) electrons. The van der Waals surface area contributed by atoms with Crippen molar-refractivity contribution < 1.29 is 14.3 Å². The van der Waals surface area contributed by atoms with Gasteiger partial charge in [0.2, 0.25) is 5.16 Å². The van der Waals surface area contributed by atoms with Crippen molar-refractivity contribution in [1.29, 1.82) is 0 Å². The summed E-state index contributed by atoms with van der Waals surface area (Å²) in [6, 6.07) is 14.6. The first-order valence-corrected chi connectivity index (χ1v) is 9.80. The second kappa shape index (κ2) is 7.85. The number of hydrogen-bond donors (Lipinski definition) is 1. The van der Waals surface area contributed by atoms with Gasteiger partial charge in [0.05, 0.1) is 11.1 Å². The van der Waals surface area contributed by atoms with Crippen LogP contribution in [0.5, 0.6) is 5.75 Å². The first kappa shape index (κ1) is 18.2. The minimum absolute atomic E-state index is 0.247. The van der Waals surface area contributed by atoms with Crippen molar-refractivity contribution in [3.05, 3.63) is 71.0 Å². The molecule has 0 bridgehead atoms. The number of ether oxygens (including phenoxy) is 1. The van der Waals surface area contributed by atoms with Gasteiger partial charge in [0.15, 0.2) is 5.82 Å². The second-order valence-corrected chi connectivity index (χ2v) is 7.34. The summed E-state index contributed by atoms with van der Waals surface area (Å²) in [5, 5.41) is 7.56. The third-order valence-corrected chi connectivity index (χ3v) is 5.22. The molecule has 1 aliphatic rings. The van der Waals surface area contributed by atoms with Crippen molar-refractivity contribution in [3.8, 4) is 5.75 Å². The van der Waals surface area contributed by atoms with E-state index in [9.17, 15) is 9.59 Å². The highest BCUT2D eigenvalue weighted by molar-refractivity contribution is 7.99. The van der Waals surface area contributed by atoms with Crippen LogP contribution in [-0.4, -0.2) is 44.2 Å². The van der Waals surface area contributed by atoms with Crippen LogP contribution < -0.4 is 4.74 Å². The van der Waals surface area contributed by atoms with Gasteiger partial charge >= 0.3 is 0 Å². The first-order chi connectivity index (χ1) is 13.6. The Kier molecular flexibility index (Phi) is 5.12. The molecule has 8 heteroatoms. The fourth-order valence-electron chi connectivity index (χ4n) is 2.94. The minimum atomic E-state index is -0.247. The Morgan fingerprint density at radius 3 is 2.43 bits per heavy atom. The van der Waals surface area contributed by atoms with Crippen LogP contribution in [-0.2, 0) is 6.61 Å². The van der Waals surface area contributed by atoms with Crippen LogP contribution in [0.2, 0.25) is 0 Å². The Bertz CT molecular complexity index is 999. The normalized spacial score (nSPS) is 13.1. The number of carbonyl (C=O) groups excluding carboxylic acids is 2. The predicted molar refractivity (Wildman–Crippen MR) is 104 cm³/mol. The average molecular weight is 394 g/mol. The summed E-state index contributed by atoms with van der Waals surface area (Å²) in [6.07, 6.45) is 0. The van der Waals surface area contributed by atoms with E-state index in [4.69, 9.17) is 4.74 Å². The van der Waals surface area contributed by atoms with Crippen molar-refractivity contribution in [2.75, 3.05) is 12.3 Å². The molecule has 4 rings (SSSR count). The van der Waals surface area contributed by atoms with Gasteiger partial charge in [-0.05, 0) is 30.7 Å². The molecule has 2 amide bonds. The lowest BCUT2D eigenvalue weighted by Gasteiger charge is -2.12. The van der Waals surface area contributed by atoms with Crippen molar-refractivity contribution >= 4 is 23.6 Å². The van der Waals surface area contributed by atoms with Gasteiger partial charge in [0, 0.05) is 12.3 Å². The Hall–Kier alpha value is -3.13. The molecular formula is C20H18N4O3S. The molecule has 0 saturated heterocycles. The largest absolute Gasteiger partial charge is 0.485 e. The molecule has 1 aliphatic heterocycles. The number of H-pyrrole nitrogens is 1. The Balaban J connectivity index is 1.29. The quantitative estimate of drug-likeness (QED) is 0.489. The number of para-hydroxylation sites is 1. The number of carbonyl (C=O) groups is 2. The van der Waals surface area contributed by atoms with E-state index >= 15 is 0 Å². The summed E-state index contributed by atoms with van der Waals surface area (Å²) < 4.78 is 5.75. The van der Waals surface area contributed by atoms with Gasteiger partial charge in [-0.15, -0.1) is 5.10 Å². The molecule has 0 fully saturated rings. The number of imide groups is 1. The van der Waals surface area contributed by atoms with E-state index in [1.54, 1.807) is 24.3 Å². The van der Waals surface area contributed by atoms with Gasteiger partial charge < -0.3 is 4.74 Å². The van der Waals surface area contributed by atoms with E-state index in [-0.39, 0.29) is 18.4 Å². The summed E-state index contributed by atoms with van der Waals surface area (Å²) in [5.74, 6) is 1.44. The second-order valence-electron chi connectivity index (χ2n) is 6.27. The number of nitrogens with one attached hydrogen (secondary N) is 1. The number of nitrogens with zero attached hydrogens (tertiary/aromatic N) is 3. The molecule has 0 aliphatic carbocycles. The van der Waals surface area contributed by atoms with Crippen molar-refractivity contribution in [2.45, 2.75) is 18.7 Å². The summed E-state index contributed by atoms with van der Waals surface area (Å²) in [4.78, 5) is 30.3. The highest BCUT2D eigenvalue weighted by Gasteiger charge is 2.34. The van der Waals surface area contributed by atoms with Crippen molar-refractivity contribution in [2.24, 2.45) is 0 Å². The van der Waals surface area contributed by atoms with Crippen LogP contribution in [0.25, 0.3) is 0 Å². The Morgan fingerprint density at radius 2 is 1.71 bits per heavy atom. The van der Waals surface area contributed by atoms with Crippen LogP contribution in [0.3, 0.4) is 0 Å². The highest BCUT2D eigenvalue weighted by atomic mass is 32.2. The maximum Gasteiger partial charge on any atom is 0.261 e. The lowest BCUT2D eigenvalue weighted by Crippen LogP contribution is -2.31. The maximum atomic E-state index is 12.3. The van der Waals surface area contributed by atoms with E-state index in [1.165, 1.54) is 16.7 Å². The molecule has 0 unspecified atom stereocenters. The molecule has 28 heavy (non-hydrogen) atoms. The Morgan fingerprint density at radius 1 is 1.04 bits per heavy atom. The lowest BCUT2D eigenvalue weighted by atomic mass is 10.1. The third kappa shape index (κ3) is 3.63. The zero-order chi connectivity index (χ0) is 19.5. The van der Waals surface area contributed by atoms with Gasteiger partial charge in [-0.2, -0.15) is 0 Å². The Labute approximate surface area is 166 Å². The van der Waals surface area contributed by atoms with E-state index in [0.29, 0.717) is 34.4 Å². The standard InChI is InChI=1S/C20H18N4O3S/c1-13-6-2-5-9-16(13)27-12-17-21-20(23-22-17)28-11-10-24-18(25)14-7-3-4-8-15(14)19(24)26/h2-9H,10-12H2,1H3,(H,21,22,23). The summed E-state index contributed by atoms with van der Waals surface area (Å²) >= 11 is 1.38. The summed E-state index contributed by atoms with van der Waals surface area (Å²) in [7, 11) is 0. The SMILES string of the molecule is Cc1ccccc1OCc1nc(SCCN2C(=O)c3ccccc3C2=O)n[nH]1. The van der Waals surface area contributed by atoms with E-state index in [0.717, 1.165) is 11.3 Å². The molecule has 2 heterocycles. The molecule has 0 saturated carbocycles. The molecule has 0 atom stereocenters. The minimum Gasteiger partial charge on any atom is -0.485 e. The predicted octanol–water partition coefficient (Wildman–Crippen LogP) is 3.08. The molecule has 7 nitrogen and oxygen atoms in total. The number of amides is 2. The van der Waals surface area contributed by atoms with Crippen LogP contribution in [0, 0.1) is 6.92 Å². The molecule has 142 valence electrons. The lowest BCUT2D eigenvalue weighted by molar-refractivity contribution is 0.0664. The van der Waals surface area contributed by atoms with Crippen LogP contribution in [0.1, 0.15) is 32.1 Å². The molecule has 3 aromatic rings. The number of benzene rings is 2. The number of aryl methyl sites for hydroxylation is 1. The van der Waals surface area contributed by atoms with Crippen LogP contribution in [0.4, 0.5) is 0 Å². The fraction of sp³-hybridized carbons (Fsp3) is 0.200. The maximum absolute atomic E-state index is 12.3. The van der Waals surface area contributed by atoms with Crippen LogP contribution >= 0.6 is 11.8 Å². The van der Waals surface area contributed by atoms with Crippen molar-refractivity contribution in [1.82, 2.24) is 20.1 Å². The molecular weight excluding hydrogens is 376 g/mol. The number of fused-ring (bicyclic) bond motifs is 1. The van der Waals surface area contributed by atoms with Gasteiger partial charge in [-0.25, -0.2) is 4.98 Å². The van der Waals surface area contributed by atoms with Gasteiger partial charge in [-0.1, -0.05) is 42.1 Å². The summed E-state index contributed by atoms with van der Waals surface area (Å²) in [5.41, 5.74) is 1.98. The van der Waals surface area contributed by atoms with E-state index < -0.39 is 0 Å². The number of thioether (sulfide) groups is 1. The smallest absolute Gasteiger partial charge is 0.261 e. The molecule has 2 aromatic carbocycles. The topological polar surface area (TPSA) is 88.2 Å². The number of aromatic amines is 1. The number of hydrogen-bond acceptors (Lipinski definition) is 6.